The van der Waals surface area contributed by atoms with Crippen LogP contribution in [0.1, 0.15) is 12.0 Å². The molecule has 5 heteroatoms. The number of sulfonamides is 1. The SMILES string of the molecule is CNCCCS(=O)(=O)NCc1ccccc1. The highest BCUT2D eigenvalue weighted by Crippen LogP contribution is 1.99. The molecule has 0 heterocycles. The van der Waals surface area contributed by atoms with Gasteiger partial charge in [0.2, 0.25) is 10.0 Å². The Morgan fingerprint density at radius 3 is 2.50 bits per heavy atom. The van der Waals surface area contributed by atoms with E-state index in [1.807, 2.05) is 37.4 Å². The van der Waals surface area contributed by atoms with Gasteiger partial charge in [0, 0.05) is 6.54 Å². The van der Waals surface area contributed by atoms with Crippen LogP contribution in [0.15, 0.2) is 30.3 Å². The third-order valence-corrected chi connectivity index (χ3v) is 3.59. The van der Waals surface area contributed by atoms with E-state index in [9.17, 15) is 8.42 Å². The normalized spacial score (nSPS) is 11.6. The Balaban J connectivity index is 2.36. The van der Waals surface area contributed by atoms with Gasteiger partial charge in [-0.25, -0.2) is 13.1 Å². The highest BCUT2D eigenvalue weighted by Gasteiger charge is 2.08. The zero-order valence-electron chi connectivity index (χ0n) is 9.44. The van der Waals surface area contributed by atoms with Crippen molar-refractivity contribution in [3.05, 3.63) is 35.9 Å². The molecule has 0 atom stereocenters. The summed E-state index contributed by atoms with van der Waals surface area (Å²) in [7, 11) is -1.33. The molecular weight excluding hydrogens is 224 g/mol. The van der Waals surface area contributed by atoms with Crippen LogP contribution in [0.2, 0.25) is 0 Å². The predicted molar refractivity (Wildman–Crippen MR) is 65.6 cm³/mol. The lowest BCUT2D eigenvalue weighted by molar-refractivity contribution is 0.577. The van der Waals surface area contributed by atoms with Crippen molar-refractivity contribution in [1.29, 1.82) is 0 Å². The van der Waals surface area contributed by atoms with Crippen molar-refractivity contribution in [2.45, 2.75) is 13.0 Å². The zero-order valence-corrected chi connectivity index (χ0v) is 10.3. The number of rotatable bonds is 7. The Kier molecular flexibility index (Phi) is 5.45. The van der Waals surface area contributed by atoms with Gasteiger partial charge in [-0.2, -0.15) is 0 Å². The molecule has 0 saturated carbocycles. The van der Waals surface area contributed by atoms with E-state index in [0.717, 1.165) is 5.56 Å². The second-order valence-electron chi connectivity index (χ2n) is 3.58. The van der Waals surface area contributed by atoms with Crippen molar-refractivity contribution < 1.29 is 8.42 Å². The minimum absolute atomic E-state index is 0.167. The second kappa shape index (κ2) is 6.62. The highest BCUT2D eigenvalue weighted by molar-refractivity contribution is 7.89. The Hall–Kier alpha value is -0.910. The molecule has 0 bridgehead atoms. The largest absolute Gasteiger partial charge is 0.320 e. The van der Waals surface area contributed by atoms with Crippen LogP contribution in [0.4, 0.5) is 0 Å². The fourth-order valence-electron chi connectivity index (χ4n) is 1.30. The molecule has 90 valence electrons. The molecule has 1 rings (SSSR count). The van der Waals surface area contributed by atoms with E-state index in [-0.39, 0.29) is 5.75 Å². The van der Waals surface area contributed by atoms with Gasteiger partial charge < -0.3 is 5.32 Å². The van der Waals surface area contributed by atoms with Gasteiger partial charge in [0.15, 0.2) is 0 Å². The first-order valence-electron chi connectivity index (χ1n) is 5.30. The molecule has 0 aliphatic rings. The maximum absolute atomic E-state index is 11.5. The van der Waals surface area contributed by atoms with Crippen molar-refractivity contribution in [1.82, 2.24) is 10.0 Å². The smallest absolute Gasteiger partial charge is 0.211 e. The summed E-state index contributed by atoms with van der Waals surface area (Å²) in [6.45, 7) is 1.08. The van der Waals surface area contributed by atoms with Gasteiger partial charge in [-0.1, -0.05) is 30.3 Å². The fourth-order valence-corrected chi connectivity index (χ4v) is 2.36. The van der Waals surface area contributed by atoms with E-state index in [4.69, 9.17) is 0 Å². The Bertz CT molecular complexity index is 390. The summed E-state index contributed by atoms with van der Waals surface area (Å²) in [5.74, 6) is 0.167. The summed E-state index contributed by atoms with van der Waals surface area (Å²) in [5, 5.41) is 2.92. The van der Waals surface area contributed by atoms with Crippen molar-refractivity contribution in [2.24, 2.45) is 0 Å². The molecule has 0 aliphatic heterocycles. The van der Waals surface area contributed by atoms with Gasteiger partial charge in [0.1, 0.15) is 0 Å². The average molecular weight is 242 g/mol. The standard InChI is InChI=1S/C11H18N2O2S/c1-12-8-5-9-16(14,15)13-10-11-6-3-2-4-7-11/h2-4,6-7,12-13H,5,8-10H2,1H3. The van der Waals surface area contributed by atoms with E-state index in [1.54, 1.807) is 0 Å². The van der Waals surface area contributed by atoms with Crippen molar-refractivity contribution in [3.63, 3.8) is 0 Å². The lowest BCUT2D eigenvalue weighted by atomic mass is 10.2. The first-order chi connectivity index (χ1) is 7.64. The topological polar surface area (TPSA) is 58.2 Å². The second-order valence-corrected chi connectivity index (χ2v) is 5.51. The van der Waals surface area contributed by atoms with Crippen LogP contribution < -0.4 is 10.0 Å². The Morgan fingerprint density at radius 2 is 1.88 bits per heavy atom. The molecule has 0 aromatic heterocycles. The van der Waals surface area contributed by atoms with Crippen LogP contribution in [0.25, 0.3) is 0 Å². The monoisotopic (exact) mass is 242 g/mol. The van der Waals surface area contributed by atoms with E-state index < -0.39 is 10.0 Å². The molecule has 0 fully saturated rings. The first kappa shape index (κ1) is 13.2. The van der Waals surface area contributed by atoms with Crippen LogP contribution >= 0.6 is 0 Å². The van der Waals surface area contributed by atoms with Crippen LogP contribution in [-0.2, 0) is 16.6 Å². The molecule has 0 aliphatic carbocycles. The van der Waals surface area contributed by atoms with Crippen molar-refractivity contribution in [2.75, 3.05) is 19.3 Å². The third-order valence-electron chi connectivity index (χ3n) is 2.18. The number of hydrogen-bond acceptors (Lipinski definition) is 3. The molecule has 0 spiro atoms. The molecular formula is C11H18N2O2S. The molecule has 2 N–H and O–H groups in total. The minimum Gasteiger partial charge on any atom is -0.320 e. The number of benzene rings is 1. The van der Waals surface area contributed by atoms with Crippen molar-refractivity contribution in [3.8, 4) is 0 Å². The maximum Gasteiger partial charge on any atom is 0.211 e. The predicted octanol–water partition coefficient (Wildman–Crippen LogP) is 0.716. The Morgan fingerprint density at radius 1 is 1.19 bits per heavy atom. The summed E-state index contributed by atoms with van der Waals surface area (Å²) in [6, 6.07) is 9.49. The molecule has 0 saturated heterocycles. The molecule has 1 aromatic rings. The van der Waals surface area contributed by atoms with Gasteiger partial charge in [0.05, 0.1) is 5.75 Å². The molecule has 4 nitrogen and oxygen atoms in total. The van der Waals surface area contributed by atoms with Gasteiger partial charge >= 0.3 is 0 Å². The van der Waals surface area contributed by atoms with E-state index in [0.29, 0.717) is 19.5 Å². The molecule has 1 aromatic carbocycles. The molecule has 0 amide bonds. The maximum atomic E-state index is 11.5. The Labute approximate surface area is 97.1 Å². The third kappa shape index (κ3) is 5.25. The fraction of sp³-hybridized carbons (Fsp3) is 0.455. The average Bonchev–Trinajstić information content (AvgIpc) is 2.28. The van der Waals surface area contributed by atoms with Crippen LogP contribution in [0.3, 0.4) is 0 Å². The lowest BCUT2D eigenvalue weighted by Crippen LogP contribution is -2.27. The van der Waals surface area contributed by atoms with Crippen molar-refractivity contribution >= 4 is 10.0 Å². The molecule has 16 heavy (non-hydrogen) atoms. The van der Waals surface area contributed by atoms with E-state index >= 15 is 0 Å². The van der Waals surface area contributed by atoms with Gasteiger partial charge in [0.25, 0.3) is 0 Å². The van der Waals surface area contributed by atoms with Crippen LogP contribution in [-0.4, -0.2) is 27.8 Å². The van der Waals surface area contributed by atoms with Gasteiger partial charge in [-0.3, -0.25) is 0 Å². The molecule has 0 unspecified atom stereocenters. The van der Waals surface area contributed by atoms with Gasteiger partial charge in [-0.05, 0) is 25.6 Å². The molecule has 0 radical (unpaired) electrons. The van der Waals surface area contributed by atoms with Crippen LogP contribution in [0.5, 0.6) is 0 Å². The first-order valence-corrected chi connectivity index (χ1v) is 6.95. The summed E-state index contributed by atoms with van der Waals surface area (Å²) < 4.78 is 25.7. The highest BCUT2D eigenvalue weighted by atomic mass is 32.2. The quantitative estimate of drug-likeness (QED) is 0.693. The summed E-state index contributed by atoms with van der Waals surface area (Å²) >= 11 is 0. The summed E-state index contributed by atoms with van der Waals surface area (Å²) in [6.07, 6.45) is 0.626. The van der Waals surface area contributed by atoms with E-state index in [2.05, 4.69) is 10.0 Å². The van der Waals surface area contributed by atoms with Crippen LogP contribution in [0, 0.1) is 0 Å². The van der Waals surface area contributed by atoms with E-state index in [1.165, 1.54) is 0 Å². The lowest BCUT2D eigenvalue weighted by Gasteiger charge is -2.06. The number of nitrogens with one attached hydrogen (secondary N) is 2. The minimum atomic E-state index is -3.14. The van der Waals surface area contributed by atoms with Gasteiger partial charge in [-0.15, -0.1) is 0 Å². The summed E-state index contributed by atoms with van der Waals surface area (Å²) in [4.78, 5) is 0. The summed E-state index contributed by atoms with van der Waals surface area (Å²) in [5.41, 5.74) is 0.972. The zero-order chi connectivity index (χ0) is 11.9. The number of hydrogen-bond donors (Lipinski definition) is 2.